The van der Waals surface area contributed by atoms with Gasteiger partial charge in [0.05, 0.1) is 6.61 Å². The van der Waals surface area contributed by atoms with Crippen LogP contribution in [0, 0.1) is 0 Å². The number of nitrogens with zero attached hydrogens (tertiary/aromatic N) is 2. The van der Waals surface area contributed by atoms with E-state index in [4.69, 9.17) is 4.74 Å². The first kappa shape index (κ1) is 18.3. The lowest BCUT2D eigenvalue weighted by molar-refractivity contribution is -0.134. The van der Waals surface area contributed by atoms with Gasteiger partial charge in [-0.3, -0.25) is 9.78 Å². The Hall–Kier alpha value is -2.48. The molecule has 3 rings (SSSR count). The summed E-state index contributed by atoms with van der Waals surface area (Å²) in [6.45, 7) is 1.53. The summed E-state index contributed by atoms with van der Waals surface area (Å²) in [4.78, 5) is 18.8. The van der Waals surface area contributed by atoms with Gasteiger partial charge in [-0.25, -0.2) is 10.9 Å². The highest BCUT2D eigenvalue weighted by molar-refractivity contribution is 5.82. The Morgan fingerprint density at radius 2 is 1.96 bits per heavy atom. The molecular formula is C19H24N4O3. The van der Waals surface area contributed by atoms with Crippen molar-refractivity contribution in [1.29, 1.82) is 0 Å². The minimum Gasteiger partial charge on any atom is -0.508 e. The molecule has 1 aromatic carbocycles. The number of ether oxygens (including phenoxy) is 1. The molecule has 1 amide bonds. The summed E-state index contributed by atoms with van der Waals surface area (Å²) in [5, 5.41) is 9.42. The van der Waals surface area contributed by atoms with Crippen LogP contribution in [0.1, 0.15) is 23.6 Å². The Labute approximate surface area is 153 Å². The highest BCUT2D eigenvalue weighted by atomic mass is 16.5. The third kappa shape index (κ3) is 4.57. The molecule has 1 aliphatic rings. The van der Waals surface area contributed by atoms with Crippen LogP contribution in [0.15, 0.2) is 48.8 Å². The lowest BCUT2D eigenvalue weighted by Gasteiger charge is -2.25. The van der Waals surface area contributed by atoms with Crippen LogP contribution in [0.3, 0.4) is 0 Å². The van der Waals surface area contributed by atoms with Crippen LogP contribution in [0.2, 0.25) is 0 Å². The first-order valence-corrected chi connectivity index (χ1v) is 8.64. The molecule has 7 heteroatoms. The number of pyridine rings is 1. The fourth-order valence-corrected chi connectivity index (χ4v) is 3.04. The van der Waals surface area contributed by atoms with Crippen molar-refractivity contribution in [3.8, 4) is 5.75 Å². The number of phenolic OH excluding ortho intramolecular Hbond substituents is 1. The van der Waals surface area contributed by atoms with E-state index < -0.39 is 0 Å². The fraction of sp³-hybridized carbons (Fsp3) is 0.368. The van der Waals surface area contributed by atoms with E-state index in [1.165, 1.54) is 0 Å². The van der Waals surface area contributed by atoms with Gasteiger partial charge < -0.3 is 14.7 Å². The first-order chi connectivity index (χ1) is 12.7. The van der Waals surface area contributed by atoms with Crippen LogP contribution in [0.5, 0.6) is 5.75 Å². The number of rotatable bonds is 7. The van der Waals surface area contributed by atoms with E-state index in [0.717, 1.165) is 11.1 Å². The van der Waals surface area contributed by atoms with Gasteiger partial charge in [0.1, 0.15) is 11.8 Å². The second kappa shape index (κ2) is 8.75. The minimum atomic E-state index is -0.313. The lowest BCUT2D eigenvalue weighted by Crippen LogP contribution is -2.46. The maximum atomic E-state index is 13.0. The molecule has 0 bridgehead atoms. The molecule has 1 fully saturated rings. The number of aromatic nitrogens is 1. The van der Waals surface area contributed by atoms with Crippen molar-refractivity contribution < 1.29 is 14.6 Å². The zero-order valence-electron chi connectivity index (χ0n) is 14.8. The van der Waals surface area contributed by atoms with Crippen LogP contribution < -0.4 is 10.9 Å². The second-order valence-corrected chi connectivity index (χ2v) is 6.33. The smallest absolute Gasteiger partial charge is 0.241 e. The number of hydrogen-bond acceptors (Lipinski definition) is 6. The molecule has 2 atom stereocenters. The molecule has 0 spiro atoms. The summed E-state index contributed by atoms with van der Waals surface area (Å²) in [5.41, 5.74) is 8.35. The van der Waals surface area contributed by atoms with Crippen molar-refractivity contribution >= 4 is 5.91 Å². The molecule has 2 unspecified atom stereocenters. The van der Waals surface area contributed by atoms with Gasteiger partial charge in [-0.15, -0.1) is 0 Å². The number of nitrogens with one attached hydrogen (secondary N) is 2. The molecular weight excluding hydrogens is 332 g/mol. The Bertz CT molecular complexity index is 708. The van der Waals surface area contributed by atoms with E-state index in [1.807, 2.05) is 24.3 Å². The van der Waals surface area contributed by atoms with Gasteiger partial charge in [-0.2, -0.15) is 0 Å². The van der Waals surface area contributed by atoms with E-state index in [9.17, 15) is 9.90 Å². The van der Waals surface area contributed by atoms with Gasteiger partial charge in [-0.1, -0.05) is 12.1 Å². The van der Waals surface area contributed by atoms with E-state index in [1.54, 1.807) is 36.5 Å². The predicted molar refractivity (Wildman–Crippen MR) is 97.1 cm³/mol. The molecule has 0 aliphatic carbocycles. The maximum absolute atomic E-state index is 13.0. The van der Waals surface area contributed by atoms with E-state index in [0.29, 0.717) is 26.1 Å². The van der Waals surface area contributed by atoms with Crippen LogP contribution in [-0.2, 0) is 16.1 Å². The number of phenols is 1. The Kier molecular flexibility index (Phi) is 6.17. The van der Waals surface area contributed by atoms with Gasteiger partial charge in [0, 0.05) is 38.6 Å². The van der Waals surface area contributed by atoms with Crippen LogP contribution >= 0.6 is 0 Å². The van der Waals surface area contributed by atoms with Crippen LogP contribution in [-0.4, -0.2) is 47.2 Å². The zero-order valence-corrected chi connectivity index (χ0v) is 14.8. The standard InChI is InChI=1S/C19H24N4O3/c1-26-11-10-23(13-14-6-8-20-9-7-14)19(25)18-12-17(21-22-18)15-2-4-16(24)5-3-15/h2-9,17-18,21-22,24H,10-13H2,1H3. The molecule has 2 aromatic rings. The van der Waals surface area contributed by atoms with Gasteiger partial charge in [0.25, 0.3) is 0 Å². The highest BCUT2D eigenvalue weighted by Gasteiger charge is 2.32. The second-order valence-electron chi connectivity index (χ2n) is 6.33. The summed E-state index contributed by atoms with van der Waals surface area (Å²) in [5.74, 6) is 0.267. The number of carbonyl (C=O) groups excluding carboxylic acids is 1. The normalized spacial score (nSPS) is 19.4. The number of amides is 1. The molecule has 138 valence electrons. The third-order valence-electron chi connectivity index (χ3n) is 4.50. The lowest BCUT2D eigenvalue weighted by atomic mass is 10.0. The first-order valence-electron chi connectivity index (χ1n) is 8.64. The number of methoxy groups -OCH3 is 1. The van der Waals surface area contributed by atoms with Crippen molar-refractivity contribution in [2.45, 2.75) is 25.0 Å². The van der Waals surface area contributed by atoms with Crippen molar-refractivity contribution in [3.63, 3.8) is 0 Å². The molecule has 26 heavy (non-hydrogen) atoms. The topological polar surface area (TPSA) is 86.7 Å². The molecule has 7 nitrogen and oxygen atoms in total. The van der Waals surface area contributed by atoms with Gasteiger partial charge in [0.2, 0.25) is 5.91 Å². The average molecular weight is 356 g/mol. The number of benzene rings is 1. The number of aromatic hydroxyl groups is 1. The zero-order chi connectivity index (χ0) is 18.4. The van der Waals surface area contributed by atoms with E-state index in [-0.39, 0.29) is 23.7 Å². The third-order valence-corrected chi connectivity index (χ3v) is 4.50. The summed E-state index contributed by atoms with van der Waals surface area (Å²) < 4.78 is 5.16. The summed E-state index contributed by atoms with van der Waals surface area (Å²) in [6.07, 6.45) is 4.10. The predicted octanol–water partition coefficient (Wildman–Crippen LogP) is 1.37. The summed E-state index contributed by atoms with van der Waals surface area (Å²) >= 11 is 0. The number of carbonyl (C=O) groups is 1. The molecule has 2 heterocycles. The monoisotopic (exact) mass is 356 g/mol. The Morgan fingerprint density at radius 3 is 2.65 bits per heavy atom. The average Bonchev–Trinajstić information content (AvgIpc) is 3.16. The molecule has 0 radical (unpaired) electrons. The fourth-order valence-electron chi connectivity index (χ4n) is 3.04. The molecule has 1 saturated heterocycles. The van der Waals surface area contributed by atoms with E-state index >= 15 is 0 Å². The molecule has 1 aliphatic heterocycles. The van der Waals surface area contributed by atoms with Gasteiger partial charge in [0.15, 0.2) is 0 Å². The van der Waals surface area contributed by atoms with Gasteiger partial charge >= 0.3 is 0 Å². The Morgan fingerprint density at radius 1 is 1.23 bits per heavy atom. The van der Waals surface area contributed by atoms with Crippen molar-refractivity contribution in [2.75, 3.05) is 20.3 Å². The van der Waals surface area contributed by atoms with Crippen LogP contribution in [0.25, 0.3) is 0 Å². The van der Waals surface area contributed by atoms with Crippen molar-refractivity contribution in [2.24, 2.45) is 0 Å². The Balaban J connectivity index is 1.65. The highest BCUT2D eigenvalue weighted by Crippen LogP contribution is 2.25. The number of hydrogen-bond donors (Lipinski definition) is 3. The van der Waals surface area contributed by atoms with Crippen LogP contribution in [0.4, 0.5) is 0 Å². The quantitative estimate of drug-likeness (QED) is 0.695. The molecule has 3 N–H and O–H groups in total. The van der Waals surface area contributed by atoms with Crippen molar-refractivity contribution in [3.05, 3.63) is 59.9 Å². The molecule has 0 saturated carbocycles. The summed E-state index contributed by atoms with van der Waals surface area (Å²) in [6, 6.07) is 10.6. The summed E-state index contributed by atoms with van der Waals surface area (Å²) in [7, 11) is 1.63. The number of hydrazine groups is 1. The van der Waals surface area contributed by atoms with Crippen molar-refractivity contribution in [1.82, 2.24) is 20.7 Å². The van der Waals surface area contributed by atoms with Gasteiger partial charge in [-0.05, 0) is 41.8 Å². The molecule has 1 aromatic heterocycles. The maximum Gasteiger partial charge on any atom is 0.241 e. The largest absolute Gasteiger partial charge is 0.508 e. The van der Waals surface area contributed by atoms with E-state index in [2.05, 4.69) is 15.8 Å². The minimum absolute atomic E-state index is 0.0229. The SMILES string of the molecule is COCCN(Cc1ccncc1)C(=O)C1CC(c2ccc(O)cc2)NN1.